The monoisotopic (exact) mass is 374 g/mol. The van der Waals surface area contributed by atoms with Gasteiger partial charge in [0.2, 0.25) is 0 Å². The van der Waals surface area contributed by atoms with Gasteiger partial charge in [0.25, 0.3) is 0 Å². The molecule has 0 spiro atoms. The second-order valence-corrected chi connectivity index (χ2v) is 5.89. The summed E-state index contributed by atoms with van der Waals surface area (Å²) in [4.78, 5) is 35.4. The van der Waals surface area contributed by atoms with E-state index in [0.717, 1.165) is 12.0 Å². The van der Waals surface area contributed by atoms with Crippen LogP contribution in [0.25, 0.3) is 0 Å². The summed E-state index contributed by atoms with van der Waals surface area (Å²) in [6.45, 7) is 0.372. The first-order valence-electron chi connectivity index (χ1n) is 8.02. The van der Waals surface area contributed by atoms with Gasteiger partial charge in [-0.15, -0.1) is 0 Å². The molecule has 0 fully saturated rings. The molecule has 0 bridgehead atoms. The maximum atomic E-state index is 12.0. The molecule has 2 amide bonds. The van der Waals surface area contributed by atoms with E-state index in [1.54, 1.807) is 0 Å². The van der Waals surface area contributed by atoms with E-state index in [4.69, 9.17) is 11.6 Å². The number of ether oxygens (including phenoxy) is 1. The Kier molecular flexibility index (Phi) is 7.17. The van der Waals surface area contributed by atoms with Crippen molar-refractivity contribution >= 4 is 35.1 Å². The minimum atomic E-state index is -0.853. The fourth-order valence-corrected chi connectivity index (χ4v) is 2.43. The summed E-state index contributed by atoms with van der Waals surface area (Å²) in [7, 11) is 1.25. The number of carbonyl (C=O) groups excluding carboxylic acids is 3. The van der Waals surface area contributed by atoms with E-state index in [2.05, 4.69) is 15.4 Å². The van der Waals surface area contributed by atoms with Gasteiger partial charge < -0.3 is 15.4 Å². The van der Waals surface area contributed by atoms with Crippen LogP contribution in [0, 0.1) is 0 Å². The number of rotatable bonds is 6. The van der Waals surface area contributed by atoms with E-state index in [0.29, 0.717) is 13.0 Å². The number of benzene rings is 2. The molecule has 0 saturated heterocycles. The van der Waals surface area contributed by atoms with Crippen LogP contribution in [0.3, 0.4) is 0 Å². The van der Waals surface area contributed by atoms with Crippen LogP contribution in [0.5, 0.6) is 0 Å². The standard InChI is InChI=1S/C19H19ClN2O4/c1-26-19(25)14-9-10-15(20)16(12-14)22-18(24)17(23)21-11-5-8-13-6-3-2-4-7-13/h2-4,6-7,9-10,12H,5,8,11H2,1H3,(H,21,23)(H,22,24). The van der Waals surface area contributed by atoms with E-state index in [1.807, 2.05) is 30.3 Å². The Bertz CT molecular complexity index is 793. The smallest absolute Gasteiger partial charge is 0.337 e. The first-order valence-corrected chi connectivity index (χ1v) is 8.40. The van der Waals surface area contributed by atoms with Crippen LogP contribution in [-0.2, 0) is 20.7 Å². The maximum absolute atomic E-state index is 12.0. The number of hydrogen-bond acceptors (Lipinski definition) is 4. The van der Waals surface area contributed by atoms with E-state index in [-0.39, 0.29) is 16.3 Å². The molecule has 0 aromatic heterocycles. The molecule has 136 valence electrons. The molecule has 0 heterocycles. The van der Waals surface area contributed by atoms with E-state index < -0.39 is 17.8 Å². The lowest BCUT2D eigenvalue weighted by Crippen LogP contribution is -2.36. The average molecular weight is 375 g/mol. The largest absolute Gasteiger partial charge is 0.465 e. The van der Waals surface area contributed by atoms with Crippen LogP contribution in [0.1, 0.15) is 22.3 Å². The molecule has 0 unspecified atom stereocenters. The first-order chi connectivity index (χ1) is 12.5. The quantitative estimate of drug-likeness (QED) is 0.462. The third-order valence-electron chi connectivity index (χ3n) is 3.61. The number of amides is 2. The highest BCUT2D eigenvalue weighted by molar-refractivity contribution is 6.41. The molecular formula is C19H19ClN2O4. The number of carbonyl (C=O) groups is 3. The summed E-state index contributed by atoms with van der Waals surface area (Å²) in [6.07, 6.45) is 1.51. The van der Waals surface area contributed by atoms with Crippen molar-refractivity contribution in [2.75, 3.05) is 19.0 Å². The summed E-state index contributed by atoms with van der Waals surface area (Å²) < 4.78 is 4.61. The molecule has 0 saturated carbocycles. The Morgan fingerprint density at radius 2 is 1.77 bits per heavy atom. The highest BCUT2D eigenvalue weighted by Crippen LogP contribution is 2.23. The molecular weight excluding hydrogens is 356 g/mol. The number of hydrogen-bond donors (Lipinski definition) is 2. The number of esters is 1. The predicted octanol–water partition coefficient (Wildman–Crippen LogP) is 2.81. The fraction of sp³-hybridized carbons (Fsp3) is 0.211. The van der Waals surface area contributed by atoms with Gasteiger partial charge in [0.1, 0.15) is 0 Å². The van der Waals surface area contributed by atoms with Gasteiger partial charge in [-0.3, -0.25) is 9.59 Å². The zero-order valence-electron chi connectivity index (χ0n) is 14.3. The summed E-state index contributed by atoms with van der Waals surface area (Å²) >= 11 is 5.99. The minimum Gasteiger partial charge on any atom is -0.465 e. The topological polar surface area (TPSA) is 84.5 Å². The van der Waals surface area contributed by atoms with Gasteiger partial charge >= 0.3 is 17.8 Å². The van der Waals surface area contributed by atoms with Crippen LogP contribution < -0.4 is 10.6 Å². The Labute approximate surface area is 156 Å². The lowest BCUT2D eigenvalue weighted by molar-refractivity contribution is -0.136. The third kappa shape index (κ3) is 5.60. The van der Waals surface area contributed by atoms with Gasteiger partial charge in [0.05, 0.1) is 23.4 Å². The van der Waals surface area contributed by atoms with Gasteiger partial charge in [-0.2, -0.15) is 0 Å². The second kappa shape index (κ2) is 9.58. The minimum absolute atomic E-state index is 0.166. The van der Waals surface area contributed by atoms with Crippen LogP contribution in [0.15, 0.2) is 48.5 Å². The van der Waals surface area contributed by atoms with Crippen LogP contribution in [-0.4, -0.2) is 31.4 Å². The summed E-state index contributed by atoms with van der Waals surface area (Å²) in [5.74, 6) is -2.19. The molecule has 0 radical (unpaired) electrons. The number of aryl methyl sites for hydroxylation is 1. The van der Waals surface area contributed by atoms with Crippen LogP contribution in [0.2, 0.25) is 5.02 Å². The number of halogens is 1. The van der Waals surface area contributed by atoms with Crippen molar-refractivity contribution < 1.29 is 19.1 Å². The van der Waals surface area contributed by atoms with Crippen molar-refractivity contribution in [1.29, 1.82) is 0 Å². The third-order valence-corrected chi connectivity index (χ3v) is 3.94. The van der Waals surface area contributed by atoms with Gasteiger partial charge in [0.15, 0.2) is 0 Å². The normalized spacial score (nSPS) is 10.1. The molecule has 2 rings (SSSR count). The van der Waals surface area contributed by atoms with E-state index in [9.17, 15) is 14.4 Å². The van der Waals surface area contributed by atoms with Crippen molar-refractivity contribution in [2.45, 2.75) is 12.8 Å². The van der Waals surface area contributed by atoms with Crippen molar-refractivity contribution in [3.05, 3.63) is 64.7 Å². The molecule has 0 aliphatic carbocycles. The van der Waals surface area contributed by atoms with Crippen molar-refractivity contribution in [2.24, 2.45) is 0 Å². The van der Waals surface area contributed by atoms with Crippen molar-refractivity contribution in [3.8, 4) is 0 Å². The Morgan fingerprint density at radius 1 is 1.04 bits per heavy atom. The molecule has 7 heteroatoms. The van der Waals surface area contributed by atoms with E-state index >= 15 is 0 Å². The SMILES string of the molecule is COC(=O)c1ccc(Cl)c(NC(=O)C(=O)NCCCc2ccccc2)c1. The van der Waals surface area contributed by atoms with Crippen molar-refractivity contribution in [1.82, 2.24) is 5.32 Å². The Hall–Kier alpha value is -2.86. The predicted molar refractivity (Wildman–Crippen MR) is 99.2 cm³/mol. The number of methoxy groups -OCH3 is 1. The second-order valence-electron chi connectivity index (χ2n) is 5.49. The molecule has 26 heavy (non-hydrogen) atoms. The summed E-state index contributed by atoms with van der Waals surface area (Å²) in [5.41, 5.74) is 1.55. The number of anilines is 1. The number of nitrogens with one attached hydrogen (secondary N) is 2. The Morgan fingerprint density at radius 3 is 2.46 bits per heavy atom. The highest BCUT2D eigenvalue weighted by Gasteiger charge is 2.16. The molecule has 2 aromatic rings. The zero-order chi connectivity index (χ0) is 18.9. The molecule has 0 aliphatic rings. The van der Waals surface area contributed by atoms with Crippen LogP contribution >= 0.6 is 11.6 Å². The summed E-state index contributed by atoms with van der Waals surface area (Å²) in [6, 6.07) is 14.1. The van der Waals surface area contributed by atoms with Crippen LogP contribution in [0.4, 0.5) is 5.69 Å². The lowest BCUT2D eigenvalue weighted by Gasteiger charge is -2.09. The zero-order valence-corrected chi connectivity index (χ0v) is 15.0. The lowest BCUT2D eigenvalue weighted by atomic mass is 10.1. The Balaban J connectivity index is 1.85. The maximum Gasteiger partial charge on any atom is 0.337 e. The molecule has 2 N–H and O–H groups in total. The highest BCUT2D eigenvalue weighted by atomic mass is 35.5. The van der Waals surface area contributed by atoms with Gasteiger partial charge in [-0.05, 0) is 36.6 Å². The van der Waals surface area contributed by atoms with Gasteiger partial charge in [-0.25, -0.2) is 4.79 Å². The van der Waals surface area contributed by atoms with Crippen molar-refractivity contribution in [3.63, 3.8) is 0 Å². The average Bonchev–Trinajstić information content (AvgIpc) is 2.66. The molecule has 0 atom stereocenters. The van der Waals surface area contributed by atoms with Gasteiger partial charge in [0, 0.05) is 6.54 Å². The molecule has 2 aromatic carbocycles. The van der Waals surface area contributed by atoms with E-state index in [1.165, 1.54) is 25.3 Å². The summed E-state index contributed by atoms with van der Waals surface area (Å²) in [5, 5.41) is 5.16. The first kappa shape index (κ1) is 19.5. The molecule has 6 nitrogen and oxygen atoms in total. The van der Waals surface area contributed by atoms with Gasteiger partial charge in [-0.1, -0.05) is 41.9 Å². The fourth-order valence-electron chi connectivity index (χ4n) is 2.26. The molecule has 0 aliphatic heterocycles.